The van der Waals surface area contributed by atoms with Crippen LogP contribution in [0.25, 0.3) is 44.3 Å². The molecule has 6 aromatic carbocycles. The van der Waals surface area contributed by atoms with E-state index in [1.54, 1.807) is 0 Å². The number of rotatable bonds is 4. The number of hydrogen-bond donors (Lipinski definition) is 1. The molecule has 1 N–H and O–H groups in total. The van der Waals surface area contributed by atoms with Gasteiger partial charge in [-0.3, -0.25) is 4.99 Å². The first-order valence-corrected chi connectivity index (χ1v) is 16.0. The molecule has 1 aromatic heterocycles. The quantitative estimate of drug-likeness (QED) is 0.217. The minimum Gasteiger partial charge on any atom is -0.360 e. The molecular weight excluding hydrogens is 558 g/mol. The third kappa shape index (κ3) is 4.02. The standard InChI is InChI=1S/C43H33N3/c1-43(2)36-19-11-9-17-32(36)34-25-26-35-33-18-10-12-20-39(33)46(41(35)40(34)43)31-23-21-30(22-24-31)42-44-37(28-13-5-3-6-14-28)27-38(45-42)29-15-7-4-8-16-29/h3-27,42,44H,1-2H3. The van der Waals surface area contributed by atoms with Crippen LogP contribution in [-0.4, -0.2) is 10.3 Å². The van der Waals surface area contributed by atoms with Gasteiger partial charge < -0.3 is 9.88 Å². The van der Waals surface area contributed by atoms with E-state index < -0.39 is 0 Å². The summed E-state index contributed by atoms with van der Waals surface area (Å²) in [5, 5.41) is 6.29. The molecule has 0 bridgehead atoms. The molecule has 0 saturated heterocycles. The van der Waals surface area contributed by atoms with E-state index in [0.29, 0.717) is 0 Å². The normalized spacial score (nSPS) is 16.4. The van der Waals surface area contributed by atoms with Gasteiger partial charge in [0.2, 0.25) is 0 Å². The molecule has 0 radical (unpaired) electrons. The second-order valence-corrected chi connectivity index (χ2v) is 12.9. The number of aliphatic imine (C=N–C) groups is 1. The van der Waals surface area contributed by atoms with Crippen molar-refractivity contribution in [3.05, 3.63) is 179 Å². The van der Waals surface area contributed by atoms with Gasteiger partial charge >= 0.3 is 0 Å². The molecule has 1 aliphatic heterocycles. The van der Waals surface area contributed by atoms with Crippen molar-refractivity contribution < 1.29 is 0 Å². The fourth-order valence-electron chi connectivity index (χ4n) is 7.63. The average molecular weight is 592 g/mol. The largest absolute Gasteiger partial charge is 0.360 e. The van der Waals surface area contributed by atoms with E-state index in [-0.39, 0.29) is 11.6 Å². The molecule has 1 unspecified atom stereocenters. The molecule has 46 heavy (non-hydrogen) atoms. The van der Waals surface area contributed by atoms with Crippen LogP contribution in [-0.2, 0) is 5.41 Å². The lowest BCUT2D eigenvalue weighted by atomic mass is 9.81. The van der Waals surface area contributed by atoms with E-state index in [2.05, 4.69) is 169 Å². The van der Waals surface area contributed by atoms with Crippen molar-refractivity contribution in [2.24, 2.45) is 4.99 Å². The summed E-state index contributed by atoms with van der Waals surface area (Å²) in [4.78, 5) is 5.20. The highest BCUT2D eigenvalue weighted by atomic mass is 15.1. The Morgan fingerprint density at radius 2 is 1.28 bits per heavy atom. The van der Waals surface area contributed by atoms with Crippen LogP contribution in [0.15, 0.2) is 157 Å². The summed E-state index contributed by atoms with van der Waals surface area (Å²) >= 11 is 0. The molecule has 9 rings (SSSR count). The predicted molar refractivity (Wildman–Crippen MR) is 192 cm³/mol. The molecule has 0 spiro atoms. The van der Waals surface area contributed by atoms with E-state index in [0.717, 1.165) is 33.8 Å². The van der Waals surface area contributed by atoms with Crippen LogP contribution in [0.3, 0.4) is 0 Å². The van der Waals surface area contributed by atoms with Crippen LogP contribution in [0.1, 0.15) is 47.8 Å². The van der Waals surface area contributed by atoms with Crippen LogP contribution >= 0.6 is 0 Å². The van der Waals surface area contributed by atoms with E-state index in [9.17, 15) is 0 Å². The molecule has 7 aromatic rings. The number of allylic oxidation sites excluding steroid dienone is 1. The van der Waals surface area contributed by atoms with Gasteiger partial charge in [0.05, 0.1) is 16.7 Å². The Bertz CT molecular complexity index is 2340. The Morgan fingerprint density at radius 3 is 2.07 bits per heavy atom. The zero-order valence-corrected chi connectivity index (χ0v) is 25.9. The topological polar surface area (TPSA) is 29.3 Å². The SMILES string of the molecule is CC1(C)c2ccccc2-c2ccc3c4ccccc4n(-c4ccc(C5N=C(c6ccccc6)C=C(c6ccccc6)N5)cc4)c3c21. The van der Waals surface area contributed by atoms with Crippen LogP contribution in [0.5, 0.6) is 0 Å². The minimum atomic E-state index is -0.208. The van der Waals surface area contributed by atoms with Gasteiger partial charge in [-0.05, 0) is 63.2 Å². The first kappa shape index (κ1) is 26.7. The highest BCUT2D eigenvalue weighted by Crippen LogP contribution is 2.52. The molecule has 1 aliphatic carbocycles. The van der Waals surface area contributed by atoms with Crippen molar-refractivity contribution in [1.82, 2.24) is 9.88 Å². The fourth-order valence-corrected chi connectivity index (χ4v) is 7.63. The summed E-state index contributed by atoms with van der Waals surface area (Å²) in [6, 6.07) is 52.3. The first-order chi connectivity index (χ1) is 22.6. The van der Waals surface area contributed by atoms with Crippen LogP contribution in [0.2, 0.25) is 0 Å². The Balaban J connectivity index is 1.19. The van der Waals surface area contributed by atoms with Gasteiger partial charge in [0.15, 0.2) is 0 Å². The van der Waals surface area contributed by atoms with Crippen molar-refractivity contribution in [2.45, 2.75) is 25.4 Å². The Kier molecular flexibility index (Phi) is 5.91. The Morgan fingerprint density at radius 1 is 0.609 bits per heavy atom. The number of fused-ring (bicyclic) bond motifs is 7. The number of nitrogens with one attached hydrogen (secondary N) is 1. The monoisotopic (exact) mass is 591 g/mol. The molecule has 3 nitrogen and oxygen atoms in total. The van der Waals surface area contributed by atoms with Crippen LogP contribution in [0, 0.1) is 0 Å². The summed E-state index contributed by atoms with van der Waals surface area (Å²) in [6.07, 6.45) is 1.95. The lowest BCUT2D eigenvalue weighted by molar-refractivity contribution is 0.663. The third-order valence-electron chi connectivity index (χ3n) is 9.82. The molecular formula is C43H33N3. The van der Waals surface area contributed by atoms with E-state index in [1.807, 2.05) is 6.07 Å². The van der Waals surface area contributed by atoms with E-state index in [1.165, 1.54) is 44.1 Å². The second-order valence-electron chi connectivity index (χ2n) is 12.9. The number of benzene rings is 6. The van der Waals surface area contributed by atoms with Gasteiger partial charge in [-0.2, -0.15) is 0 Å². The van der Waals surface area contributed by atoms with Gasteiger partial charge in [0, 0.05) is 27.6 Å². The van der Waals surface area contributed by atoms with Crippen LogP contribution in [0.4, 0.5) is 0 Å². The van der Waals surface area contributed by atoms with Crippen molar-refractivity contribution in [3.63, 3.8) is 0 Å². The summed E-state index contributed by atoms with van der Waals surface area (Å²) in [6.45, 7) is 4.74. The van der Waals surface area contributed by atoms with E-state index in [4.69, 9.17) is 4.99 Å². The third-order valence-corrected chi connectivity index (χ3v) is 9.82. The number of hydrogen-bond acceptors (Lipinski definition) is 2. The van der Waals surface area contributed by atoms with Crippen LogP contribution < -0.4 is 5.32 Å². The maximum atomic E-state index is 5.20. The number of nitrogens with zero attached hydrogens (tertiary/aromatic N) is 2. The molecule has 0 fully saturated rings. The number of aromatic nitrogens is 1. The van der Waals surface area contributed by atoms with Gasteiger partial charge in [-0.25, -0.2) is 0 Å². The minimum absolute atomic E-state index is 0.119. The van der Waals surface area contributed by atoms with Crippen molar-refractivity contribution in [1.29, 1.82) is 0 Å². The van der Waals surface area contributed by atoms with Crippen molar-refractivity contribution in [3.8, 4) is 16.8 Å². The molecule has 3 heteroatoms. The Hall–Kier alpha value is -5.67. The maximum Gasteiger partial charge on any atom is 0.145 e. The molecule has 0 saturated carbocycles. The molecule has 0 amide bonds. The van der Waals surface area contributed by atoms with Gasteiger partial charge in [0.25, 0.3) is 0 Å². The molecule has 2 aliphatic rings. The highest BCUT2D eigenvalue weighted by molar-refractivity contribution is 6.14. The first-order valence-electron chi connectivity index (χ1n) is 16.0. The average Bonchev–Trinajstić information content (AvgIpc) is 3.57. The predicted octanol–water partition coefficient (Wildman–Crippen LogP) is 10.2. The lowest BCUT2D eigenvalue weighted by Gasteiger charge is -2.25. The molecule has 220 valence electrons. The van der Waals surface area contributed by atoms with E-state index >= 15 is 0 Å². The fraction of sp³-hybridized carbons (Fsp3) is 0.0930. The second kappa shape index (κ2) is 10.2. The van der Waals surface area contributed by atoms with Gasteiger partial charge in [-0.15, -0.1) is 0 Å². The highest BCUT2D eigenvalue weighted by Gasteiger charge is 2.38. The van der Waals surface area contributed by atoms with Gasteiger partial charge in [0.1, 0.15) is 6.17 Å². The molecule has 1 atom stereocenters. The van der Waals surface area contributed by atoms with Crippen molar-refractivity contribution in [2.75, 3.05) is 0 Å². The smallest absolute Gasteiger partial charge is 0.145 e. The summed E-state index contributed by atoms with van der Waals surface area (Å²) in [7, 11) is 0. The Labute approximate surface area is 269 Å². The lowest BCUT2D eigenvalue weighted by Crippen LogP contribution is -2.24. The summed E-state index contributed by atoms with van der Waals surface area (Å²) < 4.78 is 2.48. The molecule has 2 heterocycles. The number of para-hydroxylation sites is 1. The van der Waals surface area contributed by atoms with Gasteiger partial charge in [-0.1, -0.05) is 141 Å². The zero-order chi connectivity index (χ0) is 30.8. The maximum absolute atomic E-state index is 5.20. The van der Waals surface area contributed by atoms with Crippen molar-refractivity contribution >= 4 is 33.2 Å². The summed E-state index contributed by atoms with van der Waals surface area (Å²) in [5.41, 5.74) is 14.4. The summed E-state index contributed by atoms with van der Waals surface area (Å²) in [5.74, 6) is 0. The zero-order valence-electron chi connectivity index (χ0n) is 25.9.